The quantitative estimate of drug-likeness (QED) is 0.760. The molecule has 0 radical (unpaired) electrons. The molecule has 1 heterocycles. The first-order chi connectivity index (χ1) is 10.6. The summed E-state index contributed by atoms with van der Waals surface area (Å²) in [5.74, 6) is 0. The molecule has 22 heavy (non-hydrogen) atoms. The predicted molar refractivity (Wildman–Crippen MR) is 94.6 cm³/mol. The fraction of sp³-hybridized carbons (Fsp3) is 0.0556. The van der Waals surface area contributed by atoms with Gasteiger partial charge in [0.15, 0.2) is 0 Å². The molecule has 1 aromatic heterocycles. The van der Waals surface area contributed by atoms with Gasteiger partial charge in [0.2, 0.25) is 0 Å². The summed E-state index contributed by atoms with van der Waals surface area (Å²) >= 11 is 6.42. The van der Waals surface area contributed by atoms with Gasteiger partial charge in [-0.15, -0.1) is 0 Å². The third-order valence-electron chi connectivity index (χ3n) is 3.68. The van der Waals surface area contributed by atoms with Gasteiger partial charge in [-0.3, -0.25) is 0 Å². The number of hydrogen-bond acceptors (Lipinski definition) is 3. The van der Waals surface area contributed by atoms with Gasteiger partial charge in [-0.1, -0.05) is 60.7 Å². The lowest BCUT2D eigenvalue weighted by Crippen LogP contribution is -1.98. The van der Waals surface area contributed by atoms with E-state index in [-0.39, 0.29) is 0 Å². The number of anilines is 1. The number of halogens is 1. The summed E-state index contributed by atoms with van der Waals surface area (Å²) in [6, 6.07) is 13.7. The van der Waals surface area contributed by atoms with Crippen LogP contribution in [-0.4, -0.2) is 4.98 Å². The van der Waals surface area contributed by atoms with Crippen molar-refractivity contribution in [1.29, 1.82) is 0 Å². The second kappa shape index (κ2) is 5.79. The van der Waals surface area contributed by atoms with Gasteiger partial charge < -0.3 is 11.5 Å². The third-order valence-corrected chi connectivity index (χ3v) is 4.09. The molecule has 3 nitrogen and oxygen atoms in total. The number of benzene rings is 2. The number of fused-ring (bicyclic) bond motifs is 1. The van der Waals surface area contributed by atoms with E-state index in [9.17, 15) is 0 Å². The summed E-state index contributed by atoms with van der Waals surface area (Å²) in [6.07, 6.45) is 1.78. The Balaban J connectivity index is 2.23. The smallest absolute Gasteiger partial charge is 0.0954 e. The van der Waals surface area contributed by atoms with Crippen LogP contribution in [0.15, 0.2) is 49.0 Å². The Morgan fingerprint density at radius 2 is 1.86 bits per heavy atom. The highest BCUT2D eigenvalue weighted by atomic mass is 35.5. The molecule has 0 aliphatic rings. The highest BCUT2D eigenvalue weighted by molar-refractivity contribution is 6.38. The van der Waals surface area contributed by atoms with Gasteiger partial charge in [0, 0.05) is 17.5 Å². The molecule has 4 heteroatoms. The molecule has 2 aromatic carbocycles. The molecule has 110 valence electrons. The number of nitrogens with zero attached hydrogens (tertiary/aromatic N) is 1. The largest absolute Gasteiger partial charge is 0.396 e. The molecular formula is C18H16ClN3. The Bertz CT molecular complexity index is 854. The molecule has 0 atom stereocenters. The Hall–Kier alpha value is -2.36. The standard InChI is InChI=1S/C18H16ClN3/c1-2-11-5-8-14-15(9-11)22-18(17(21)16(14)19)13-6-3-12(10-20)4-7-13/h2-9H,1,10,20-21H2. The van der Waals surface area contributed by atoms with Crippen molar-refractivity contribution in [2.24, 2.45) is 5.73 Å². The van der Waals surface area contributed by atoms with Crippen molar-refractivity contribution in [3.63, 3.8) is 0 Å². The minimum Gasteiger partial charge on any atom is -0.396 e. The van der Waals surface area contributed by atoms with Gasteiger partial charge in [0.05, 0.1) is 21.9 Å². The molecule has 0 spiro atoms. The minimum absolute atomic E-state index is 0.487. The van der Waals surface area contributed by atoms with Crippen LogP contribution in [-0.2, 0) is 6.54 Å². The van der Waals surface area contributed by atoms with Crippen LogP contribution in [0.4, 0.5) is 5.69 Å². The van der Waals surface area contributed by atoms with Crippen LogP contribution in [0.5, 0.6) is 0 Å². The molecule has 0 bridgehead atoms. The monoisotopic (exact) mass is 309 g/mol. The predicted octanol–water partition coefficient (Wildman–Crippen LogP) is 4.24. The van der Waals surface area contributed by atoms with Crippen molar-refractivity contribution in [1.82, 2.24) is 4.98 Å². The Labute approximate surface area is 134 Å². The SMILES string of the molecule is C=Cc1ccc2c(Cl)c(N)c(-c3ccc(CN)cc3)nc2c1. The lowest BCUT2D eigenvalue weighted by atomic mass is 10.0. The fourth-order valence-electron chi connectivity index (χ4n) is 2.40. The van der Waals surface area contributed by atoms with Gasteiger partial charge >= 0.3 is 0 Å². The van der Waals surface area contributed by atoms with Crippen LogP contribution in [0.1, 0.15) is 11.1 Å². The molecule has 0 aliphatic carbocycles. The second-order valence-corrected chi connectivity index (χ2v) is 5.45. The van der Waals surface area contributed by atoms with E-state index >= 15 is 0 Å². The topological polar surface area (TPSA) is 64.9 Å². The van der Waals surface area contributed by atoms with E-state index < -0.39 is 0 Å². The van der Waals surface area contributed by atoms with E-state index in [2.05, 4.69) is 11.6 Å². The van der Waals surface area contributed by atoms with Gasteiger partial charge in [-0.25, -0.2) is 4.98 Å². The van der Waals surface area contributed by atoms with Crippen molar-refractivity contribution in [2.75, 3.05) is 5.73 Å². The number of aromatic nitrogens is 1. The molecule has 0 saturated heterocycles. The van der Waals surface area contributed by atoms with E-state index in [0.717, 1.165) is 27.6 Å². The first-order valence-electron chi connectivity index (χ1n) is 6.94. The minimum atomic E-state index is 0.487. The van der Waals surface area contributed by atoms with Crippen molar-refractivity contribution in [3.8, 4) is 11.3 Å². The van der Waals surface area contributed by atoms with Crippen molar-refractivity contribution in [2.45, 2.75) is 6.54 Å². The molecule has 0 amide bonds. The van der Waals surface area contributed by atoms with Crippen molar-refractivity contribution >= 4 is 34.3 Å². The molecule has 0 unspecified atom stereocenters. The van der Waals surface area contributed by atoms with E-state index in [0.29, 0.717) is 22.9 Å². The zero-order chi connectivity index (χ0) is 15.7. The van der Waals surface area contributed by atoms with Crippen LogP contribution >= 0.6 is 11.6 Å². The number of nitrogen functional groups attached to an aromatic ring is 1. The highest BCUT2D eigenvalue weighted by Gasteiger charge is 2.13. The van der Waals surface area contributed by atoms with Gasteiger partial charge in [-0.05, 0) is 17.2 Å². The van der Waals surface area contributed by atoms with E-state index in [4.69, 9.17) is 23.1 Å². The maximum atomic E-state index is 6.42. The number of hydrogen-bond donors (Lipinski definition) is 2. The van der Waals surface area contributed by atoms with Crippen LogP contribution in [0.2, 0.25) is 5.02 Å². The lowest BCUT2D eigenvalue weighted by Gasteiger charge is -2.11. The Morgan fingerprint density at radius 3 is 2.50 bits per heavy atom. The van der Waals surface area contributed by atoms with Crippen LogP contribution in [0.3, 0.4) is 0 Å². The normalized spacial score (nSPS) is 10.8. The average molecular weight is 310 g/mol. The number of nitrogens with two attached hydrogens (primary N) is 2. The summed E-state index contributed by atoms with van der Waals surface area (Å²) < 4.78 is 0. The van der Waals surface area contributed by atoms with E-state index in [1.165, 1.54) is 0 Å². The lowest BCUT2D eigenvalue weighted by molar-refractivity contribution is 1.07. The van der Waals surface area contributed by atoms with Gasteiger partial charge in [0.1, 0.15) is 0 Å². The average Bonchev–Trinajstić information content (AvgIpc) is 2.57. The van der Waals surface area contributed by atoms with Crippen LogP contribution in [0, 0.1) is 0 Å². The summed E-state index contributed by atoms with van der Waals surface area (Å²) in [7, 11) is 0. The van der Waals surface area contributed by atoms with Crippen molar-refractivity contribution < 1.29 is 0 Å². The number of pyridine rings is 1. The van der Waals surface area contributed by atoms with E-state index in [1.54, 1.807) is 6.08 Å². The van der Waals surface area contributed by atoms with Crippen molar-refractivity contribution in [3.05, 3.63) is 65.2 Å². The first-order valence-corrected chi connectivity index (χ1v) is 7.32. The highest BCUT2D eigenvalue weighted by Crippen LogP contribution is 2.36. The molecule has 0 fully saturated rings. The summed E-state index contributed by atoms with van der Waals surface area (Å²) in [6.45, 7) is 4.28. The molecule has 3 rings (SSSR count). The fourth-order valence-corrected chi connectivity index (χ4v) is 2.65. The zero-order valence-electron chi connectivity index (χ0n) is 12.0. The zero-order valence-corrected chi connectivity index (χ0v) is 12.8. The number of rotatable bonds is 3. The third kappa shape index (κ3) is 2.45. The molecule has 3 aromatic rings. The van der Waals surface area contributed by atoms with Gasteiger partial charge in [0.25, 0.3) is 0 Å². The molecule has 0 saturated carbocycles. The van der Waals surface area contributed by atoms with E-state index in [1.807, 2.05) is 42.5 Å². The molecular weight excluding hydrogens is 294 g/mol. The Morgan fingerprint density at radius 1 is 1.14 bits per heavy atom. The summed E-state index contributed by atoms with van der Waals surface area (Å²) in [4.78, 5) is 4.68. The van der Waals surface area contributed by atoms with Crippen LogP contribution < -0.4 is 11.5 Å². The molecule has 4 N–H and O–H groups in total. The second-order valence-electron chi connectivity index (χ2n) is 5.07. The Kier molecular flexibility index (Phi) is 3.84. The van der Waals surface area contributed by atoms with Crippen LogP contribution in [0.25, 0.3) is 28.2 Å². The van der Waals surface area contributed by atoms with Gasteiger partial charge in [-0.2, -0.15) is 0 Å². The first kappa shape index (κ1) is 14.6. The maximum absolute atomic E-state index is 6.42. The maximum Gasteiger partial charge on any atom is 0.0954 e. The molecule has 0 aliphatic heterocycles. The summed E-state index contributed by atoms with van der Waals surface area (Å²) in [5.41, 5.74) is 16.7. The summed E-state index contributed by atoms with van der Waals surface area (Å²) in [5, 5.41) is 1.37.